The van der Waals surface area contributed by atoms with Crippen molar-refractivity contribution in [1.29, 1.82) is 0 Å². The summed E-state index contributed by atoms with van der Waals surface area (Å²) in [5.41, 5.74) is 0. The maximum Gasteiger partial charge on any atom is 0.0145 e. The molecular formula is C14H27Br. The molecule has 0 aromatic carbocycles. The van der Waals surface area contributed by atoms with E-state index >= 15 is 0 Å². The highest BCUT2D eigenvalue weighted by atomic mass is 79.9. The lowest BCUT2D eigenvalue weighted by Crippen LogP contribution is -1.97. The summed E-state index contributed by atoms with van der Waals surface area (Å²) in [5.74, 6) is 0. The second-order valence-electron chi connectivity index (χ2n) is 4.26. The minimum absolute atomic E-state index is 0.767. The zero-order chi connectivity index (χ0) is 11.4. The van der Waals surface area contributed by atoms with Crippen molar-refractivity contribution in [3.8, 4) is 0 Å². The Morgan fingerprint density at radius 2 is 1.67 bits per heavy atom. The molecule has 0 nitrogen and oxygen atoms in total. The van der Waals surface area contributed by atoms with Crippen molar-refractivity contribution in [2.45, 2.75) is 76.5 Å². The van der Waals surface area contributed by atoms with Gasteiger partial charge in [-0.25, -0.2) is 0 Å². The summed E-state index contributed by atoms with van der Waals surface area (Å²) in [6.45, 7) is 4.46. The molecule has 90 valence electrons. The van der Waals surface area contributed by atoms with Gasteiger partial charge < -0.3 is 0 Å². The summed E-state index contributed by atoms with van der Waals surface area (Å²) in [6, 6.07) is 0. The Morgan fingerprint density at radius 1 is 0.933 bits per heavy atom. The molecule has 0 fully saturated rings. The summed E-state index contributed by atoms with van der Waals surface area (Å²) in [7, 11) is 0. The predicted octanol–water partition coefficient (Wildman–Crippen LogP) is 5.86. The van der Waals surface area contributed by atoms with Crippen LogP contribution in [0.4, 0.5) is 0 Å². The van der Waals surface area contributed by atoms with E-state index in [1.807, 2.05) is 0 Å². The van der Waals surface area contributed by atoms with E-state index in [1.165, 1.54) is 57.8 Å². The highest BCUT2D eigenvalue weighted by Crippen LogP contribution is 2.17. The van der Waals surface area contributed by atoms with Gasteiger partial charge in [-0.15, -0.1) is 0 Å². The van der Waals surface area contributed by atoms with Crippen LogP contribution in [0.25, 0.3) is 0 Å². The molecule has 0 aliphatic carbocycles. The third-order valence-electron chi connectivity index (χ3n) is 2.66. The van der Waals surface area contributed by atoms with Gasteiger partial charge in [-0.1, -0.05) is 67.6 Å². The average molecular weight is 275 g/mol. The topological polar surface area (TPSA) is 0 Å². The Hall–Kier alpha value is 0.220. The lowest BCUT2D eigenvalue weighted by molar-refractivity contribution is 0.594. The summed E-state index contributed by atoms with van der Waals surface area (Å²) >= 11 is 3.76. The van der Waals surface area contributed by atoms with Gasteiger partial charge in [0.2, 0.25) is 0 Å². The van der Waals surface area contributed by atoms with Crippen LogP contribution in [0.1, 0.15) is 71.6 Å². The highest BCUT2D eigenvalue weighted by Gasteiger charge is 2.02. The molecule has 0 heterocycles. The van der Waals surface area contributed by atoms with Crippen molar-refractivity contribution in [2.24, 2.45) is 0 Å². The van der Waals surface area contributed by atoms with Crippen LogP contribution < -0.4 is 0 Å². The van der Waals surface area contributed by atoms with Crippen molar-refractivity contribution >= 4 is 15.9 Å². The van der Waals surface area contributed by atoms with Crippen LogP contribution in [-0.4, -0.2) is 4.83 Å². The fraction of sp³-hybridized carbons (Fsp3) is 0.857. The number of alkyl halides is 1. The average Bonchev–Trinajstić information content (AvgIpc) is 2.25. The van der Waals surface area contributed by atoms with Crippen molar-refractivity contribution in [2.75, 3.05) is 0 Å². The molecule has 0 rings (SSSR count). The molecule has 0 bridgehead atoms. The SMILES string of the molecule is CCC=CCCCCCC(Br)CCCC. The van der Waals surface area contributed by atoms with E-state index < -0.39 is 0 Å². The van der Waals surface area contributed by atoms with Gasteiger partial charge >= 0.3 is 0 Å². The molecule has 0 spiro atoms. The molecule has 0 aliphatic rings. The van der Waals surface area contributed by atoms with Crippen LogP contribution in [0, 0.1) is 0 Å². The van der Waals surface area contributed by atoms with Crippen molar-refractivity contribution in [1.82, 2.24) is 0 Å². The summed E-state index contributed by atoms with van der Waals surface area (Å²) in [6.07, 6.45) is 16.6. The number of hydrogen-bond donors (Lipinski definition) is 0. The maximum atomic E-state index is 3.76. The molecule has 0 amide bonds. The molecule has 0 N–H and O–H groups in total. The Labute approximate surface area is 105 Å². The first-order valence-corrected chi connectivity index (χ1v) is 7.51. The molecular weight excluding hydrogens is 248 g/mol. The van der Waals surface area contributed by atoms with Gasteiger partial charge in [0.25, 0.3) is 0 Å². The minimum Gasteiger partial charge on any atom is -0.0891 e. The van der Waals surface area contributed by atoms with E-state index in [0.29, 0.717) is 0 Å². The predicted molar refractivity (Wildman–Crippen MR) is 74.8 cm³/mol. The molecule has 0 aromatic rings. The normalized spacial score (nSPS) is 13.5. The molecule has 1 unspecified atom stereocenters. The molecule has 0 aliphatic heterocycles. The molecule has 0 aromatic heterocycles. The number of rotatable bonds is 10. The lowest BCUT2D eigenvalue weighted by atomic mass is 10.1. The Bertz CT molecular complexity index is 140. The van der Waals surface area contributed by atoms with Crippen LogP contribution in [0.5, 0.6) is 0 Å². The maximum absolute atomic E-state index is 3.76. The van der Waals surface area contributed by atoms with E-state index in [4.69, 9.17) is 0 Å². The highest BCUT2D eigenvalue weighted by molar-refractivity contribution is 9.09. The summed E-state index contributed by atoms with van der Waals surface area (Å²) in [4.78, 5) is 0.767. The van der Waals surface area contributed by atoms with Crippen LogP contribution in [0.2, 0.25) is 0 Å². The second kappa shape index (κ2) is 12.3. The zero-order valence-corrected chi connectivity index (χ0v) is 12.1. The summed E-state index contributed by atoms with van der Waals surface area (Å²) < 4.78 is 0. The molecule has 1 heteroatoms. The standard InChI is InChI=1S/C14H27Br/c1-3-5-7-8-9-10-11-13-14(15)12-6-4-2/h5,7,14H,3-4,6,8-13H2,1-2H3. The van der Waals surface area contributed by atoms with Crippen LogP contribution >= 0.6 is 15.9 Å². The monoisotopic (exact) mass is 274 g/mol. The third-order valence-corrected chi connectivity index (χ3v) is 3.58. The van der Waals surface area contributed by atoms with Crippen molar-refractivity contribution < 1.29 is 0 Å². The quantitative estimate of drug-likeness (QED) is 0.266. The molecule has 15 heavy (non-hydrogen) atoms. The van der Waals surface area contributed by atoms with Gasteiger partial charge in [-0.2, -0.15) is 0 Å². The Balaban J connectivity index is 3.12. The lowest BCUT2D eigenvalue weighted by Gasteiger charge is -2.07. The van der Waals surface area contributed by atoms with Crippen LogP contribution in [0.15, 0.2) is 12.2 Å². The van der Waals surface area contributed by atoms with E-state index in [0.717, 1.165) is 4.83 Å². The summed E-state index contributed by atoms with van der Waals surface area (Å²) in [5, 5.41) is 0. The first-order valence-electron chi connectivity index (χ1n) is 6.60. The van der Waals surface area contributed by atoms with E-state index in [2.05, 4.69) is 41.9 Å². The Kier molecular flexibility index (Phi) is 12.5. The van der Waals surface area contributed by atoms with Gasteiger partial charge in [0.15, 0.2) is 0 Å². The molecule has 0 radical (unpaired) electrons. The van der Waals surface area contributed by atoms with Gasteiger partial charge in [0.05, 0.1) is 0 Å². The van der Waals surface area contributed by atoms with E-state index in [1.54, 1.807) is 0 Å². The third kappa shape index (κ3) is 12.2. The number of halogens is 1. The molecule has 0 saturated carbocycles. The first kappa shape index (κ1) is 15.2. The molecule has 1 atom stereocenters. The smallest absolute Gasteiger partial charge is 0.0145 e. The van der Waals surface area contributed by atoms with Gasteiger partial charge in [0, 0.05) is 4.83 Å². The van der Waals surface area contributed by atoms with Gasteiger partial charge in [-0.05, 0) is 32.1 Å². The first-order chi connectivity index (χ1) is 7.31. The second-order valence-corrected chi connectivity index (χ2v) is 5.55. The molecule has 0 saturated heterocycles. The number of allylic oxidation sites excluding steroid dienone is 2. The fourth-order valence-electron chi connectivity index (χ4n) is 1.66. The number of unbranched alkanes of at least 4 members (excludes halogenated alkanes) is 4. The number of hydrogen-bond acceptors (Lipinski definition) is 0. The van der Waals surface area contributed by atoms with Gasteiger partial charge in [-0.3, -0.25) is 0 Å². The van der Waals surface area contributed by atoms with Gasteiger partial charge in [0.1, 0.15) is 0 Å². The fourth-order valence-corrected chi connectivity index (χ4v) is 2.31. The van der Waals surface area contributed by atoms with Crippen LogP contribution in [0.3, 0.4) is 0 Å². The van der Waals surface area contributed by atoms with E-state index in [-0.39, 0.29) is 0 Å². The zero-order valence-electron chi connectivity index (χ0n) is 10.5. The van der Waals surface area contributed by atoms with Crippen LogP contribution in [-0.2, 0) is 0 Å². The Morgan fingerprint density at radius 3 is 2.33 bits per heavy atom. The van der Waals surface area contributed by atoms with E-state index in [9.17, 15) is 0 Å². The minimum atomic E-state index is 0.767. The van der Waals surface area contributed by atoms with Crippen molar-refractivity contribution in [3.05, 3.63) is 12.2 Å². The largest absolute Gasteiger partial charge is 0.0891 e. The van der Waals surface area contributed by atoms with Crippen molar-refractivity contribution in [3.63, 3.8) is 0 Å².